The molecule has 0 aliphatic carbocycles. The Labute approximate surface area is 302 Å². The van der Waals surface area contributed by atoms with E-state index in [-0.39, 0.29) is 73.3 Å². The summed E-state index contributed by atoms with van der Waals surface area (Å²) in [6, 6.07) is 16.8. The summed E-state index contributed by atoms with van der Waals surface area (Å²) in [4.78, 5) is 10.0. The van der Waals surface area contributed by atoms with E-state index in [1.807, 2.05) is 66.7 Å². The van der Waals surface area contributed by atoms with E-state index in [1.54, 1.807) is 12.1 Å². The van der Waals surface area contributed by atoms with E-state index >= 15 is 0 Å². The fraction of sp³-hybridized carbons (Fsp3) is 0.0222. The largest absolute Gasteiger partial charge is 0.309 e. The van der Waals surface area contributed by atoms with E-state index in [0.717, 1.165) is 15.7 Å². The Bertz CT molecular complexity index is 3650. The Kier molecular flexibility index (Phi) is 3.74. The van der Waals surface area contributed by atoms with Gasteiger partial charge in [0, 0.05) is 38.2 Å². The third-order valence-corrected chi connectivity index (χ3v) is 8.71. The quantitative estimate of drug-likeness (QED) is 0.192. The summed E-state index contributed by atoms with van der Waals surface area (Å²) < 4.78 is 129. The second kappa shape index (κ2) is 10.8. The lowest BCUT2D eigenvalue weighted by molar-refractivity contribution is 1.01. The van der Waals surface area contributed by atoms with Gasteiger partial charge >= 0.3 is 0 Å². The van der Waals surface area contributed by atoms with Gasteiger partial charge in [-0.2, -0.15) is 0 Å². The molecule has 10 rings (SSSR count). The number of fused-ring (bicyclic) bond motifs is 7. The minimum absolute atomic E-state index is 0.000577. The van der Waals surface area contributed by atoms with Crippen molar-refractivity contribution in [1.82, 2.24) is 19.1 Å². The first-order chi connectivity index (χ1) is 30.1. The third-order valence-electron chi connectivity index (χ3n) is 8.71. The van der Waals surface area contributed by atoms with Crippen LogP contribution in [0.1, 0.15) is 24.8 Å². The van der Waals surface area contributed by atoms with Crippen LogP contribution >= 0.6 is 0 Å². The minimum atomic E-state index is -0.738. The number of nitrogens with zero attached hydrogens (tertiary/aromatic N) is 4. The van der Waals surface area contributed by atoms with Gasteiger partial charge in [0.25, 0.3) is 0 Å². The van der Waals surface area contributed by atoms with Gasteiger partial charge in [-0.25, -0.2) is 9.97 Å². The molecule has 0 aliphatic heterocycles. The summed E-state index contributed by atoms with van der Waals surface area (Å²) in [6.45, 7) is 1.51. The molecule has 4 nitrogen and oxygen atoms in total. The number of hydrogen-bond donors (Lipinski definition) is 0. The molecule has 3 heterocycles. The molecule has 0 radical (unpaired) electrons. The number of para-hydroxylation sites is 3. The Morgan fingerprint density at radius 3 is 1.92 bits per heavy atom. The molecular formula is C45H30N4. The fourth-order valence-electron chi connectivity index (χ4n) is 6.51. The summed E-state index contributed by atoms with van der Waals surface area (Å²) in [5, 5.41) is -0.0173. The van der Waals surface area contributed by atoms with Crippen LogP contribution in [0.4, 0.5) is 0 Å². The smallest absolute Gasteiger partial charge is 0.235 e. The average molecular weight is 641 g/mol. The summed E-state index contributed by atoms with van der Waals surface area (Å²) in [6.07, 6.45) is 0. The van der Waals surface area contributed by atoms with Crippen molar-refractivity contribution in [3.05, 3.63) is 169 Å². The molecule has 0 spiro atoms. The zero-order valence-electron chi connectivity index (χ0n) is 39.8. The lowest BCUT2D eigenvalue weighted by atomic mass is 10.0. The lowest BCUT2D eigenvalue weighted by Gasteiger charge is -2.12. The van der Waals surface area contributed by atoms with Crippen molar-refractivity contribution in [2.75, 3.05) is 0 Å². The highest BCUT2D eigenvalue weighted by atomic mass is 15.2. The minimum Gasteiger partial charge on any atom is -0.309 e. The van der Waals surface area contributed by atoms with Crippen LogP contribution in [0.25, 0.3) is 88.5 Å². The molecule has 0 unspecified atom stereocenters. The fourth-order valence-corrected chi connectivity index (χ4v) is 6.51. The highest BCUT2D eigenvalue weighted by molar-refractivity contribution is 6.19. The van der Waals surface area contributed by atoms with Crippen molar-refractivity contribution < 1.29 is 19.2 Å². The van der Waals surface area contributed by atoms with Crippen LogP contribution in [-0.2, 0) is 0 Å². The van der Waals surface area contributed by atoms with Gasteiger partial charge in [0.05, 0.1) is 52.5 Å². The van der Waals surface area contributed by atoms with Crippen LogP contribution in [0.5, 0.6) is 0 Å². The molecular weight excluding hydrogens is 597 g/mol. The normalized spacial score (nSPS) is 15.8. The monoisotopic (exact) mass is 640 g/mol. The zero-order chi connectivity index (χ0) is 44.7. The molecule has 3 aromatic heterocycles. The Hall–Kier alpha value is -6.52. The van der Waals surface area contributed by atoms with Crippen LogP contribution in [0.3, 0.4) is 0 Å². The molecule has 0 amide bonds. The molecule has 0 bridgehead atoms. The predicted molar refractivity (Wildman–Crippen MR) is 204 cm³/mol. The van der Waals surface area contributed by atoms with Crippen LogP contribution in [-0.4, -0.2) is 19.1 Å². The second-order valence-corrected chi connectivity index (χ2v) is 11.6. The molecule has 49 heavy (non-hydrogen) atoms. The SMILES string of the molecule is [2H]c1c([2H])c([2H])c(-n2c3c([2H])c([2H])c([2H])c([2H])c3c3c([2H])c4c(c([2H])c32)c2c([2H])c([2H])c(C)c([2H])c2n4-c2nc(-c3ccc(-c4ccccc4)cc3)c3ccccc3n2)c([2H])c1[2H]. The van der Waals surface area contributed by atoms with Crippen LogP contribution in [0.2, 0.25) is 0 Å². The van der Waals surface area contributed by atoms with E-state index in [9.17, 15) is 5.48 Å². The lowest BCUT2D eigenvalue weighted by Crippen LogP contribution is -2.03. The number of rotatable bonds is 4. The van der Waals surface area contributed by atoms with Gasteiger partial charge in [-0.3, -0.25) is 4.57 Å². The van der Waals surface area contributed by atoms with Crippen molar-refractivity contribution in [1.29, 1.82) is 0 Å². The van der Waals surface area contributed by atoms with Crippen LogP contribution in [0, 0.1) is 6.92 Å². The summed E-state index contributed by atoms with van der Waals surface area (Å²) in [5.74, 6) is -0.0515. The van der Waals surface area contributed by atoms with E-state index < -0.39 is 72.2 Å². The molecule has 230 valence electrons. The van der Waals surface area contributed by atoms with Crippen molar-refractivity contribution in [3.8, 4) is 34.0 Å². The maximum absolute atomic E-state index is 10.1. The maximum Gasteiger partial charge on any atom is 0.235 e. The van der Waals surface area contributed by atoms with Crippen molar-refractivity contribution in [3.63, 3.8) is 0 Å². The van der Waals surface area contributed by atoms with Gasteiger partial charge in [0.2, 0.25) is 5.95 Å². The van der Waals surface area contributed by atoms with Gasteiger partial charge in [0.15, 0.2) is 0 Å². The van der Waals surface area contributed by atoms with E-state index in [0.29, 0.717) is 22.2 Å². The van der Waals surface area contributed by atoms with Gasteiger partial charge in [-0.1, -0.05) is 121 Å². The predicted octanol–water partition coefficient (Wildman–Crippen LogP) is 11.5. The number of aromatic nitrogens is 4. The van der Waals surface area contributed by atoms with Crippen molar-refractivity contribution in [2.45, 2.75) is 6.92 Å². The summed E-state index contributed by atoms with van der Waals surface area (Å²) >= 11 is 0. The van der Waals surface area contributed by atoms with Crippen molar-refractivity contribution in [2.24, 2.45) is 0 Å². The first-order valence-electron chi connectivity index (χ1n) is 22.5. The highest BCUT2D eigenvalue weighted by Gasteiger charge is 2.21. The molecule has 4 heteroatoms. The summed E-state index contributed by atoms with van der Waals surface area (Å²) in [5.41, 5.74) is 2.51. The molecule has 10 aromatic rings. The Morgan fingerprint density at radius 2 is 1.10 bits per heavy atom. The standard InChI is InChI=1S/C45H30N4/c1-29-20-25-35-38-27-42-37(34-16-9-11-19-40(34)48(42)33-14-6-3-7-15-33)28-43(38)49(41(35)26-29)45-46-39-18-10-8-17-36(39)44(47-45)32-23-21-31(22-24-32)30-12-4-2-5-13-30/h2-28H,1H3/i3D,6D,7D,9D,11D,14D,15D,16D,19D,20D,25D,26D,27D,28D. The molecule has 0 N–H and O–H groups in total. The molecule has 0 saturated carbocycles. The van der Waals surface area contributed by atoms with Crippen LogP contribution < -0.4 is 0 Å². The zero-order valence-corrected chi connectivity index (χ0v) is 25.8. The van der Waals surface area contributed by atoms with Crippen LogP contribution in [0.15, 0.2) is 163 Å². The molecule has 0 fully saturated rings. The van der Waals surface area contributed by atoms with Gasteiger partial charge in [-0.05, 0) is 65.9 Å². The van der Waals surface area contributed by atoms with Crippen molar-refractivity contribution >= 4 is 54.5 Å². The Morgan fingerprint density at radius 1 is 0.469 bits per heavy atom. The highest BCUT2D eigenvalue weighted by Crippen LogP contribution is 2.40. The molecule has 0 saturated heterocycles. The maximum atomic E-state index is 10.1. The van der Waals surface area contributed by atoms with E-state index in [2.05, 4.69) is 0 Å². The Balaban J connectivity index is 1.42. The number of hydrogen-bond acceptors (Lipinski definition) is 2. The first kappa shape index (κ1) is 17.0. The molecule has 0 aliphatic rings. The first-order valence-corrected chi connectivity index (χ1v) is 15.5. The van der Waals surface area contributed by atoms with Gasteiger partial charge in [-0.15, -0.1) is 0 Å². The van der Waals surface area contributed by atoms with Gasteiger partial charge < -0.3 is 4.57 Å². The van der Waals surface area contributed by atoms with Gasteiger partial charge in [0.1, 0.15) is 0 Å². The van der Waals surface area contributed by atoms with E-state index in [4.69, 9.17) is 23.7 Å². The molecule has 0 atom stereocenters. The third kappa shape index (κ3) is 4.31. The number of benzene rings is 7. The summed E-state index contributed by atoms with van der Waals surface area (Å²) in [7, 11) is 0. The second-order valence-electron chi connectivity index (χ2n) is 11.6. The average Bonchev–Trinajstić information content (AvgIpc) is 3.85. The topological polar surface area (TPSA) is 35.6 Å². The van der Waals surface area contributed by atoms with E-state index in [1.165, 1.54) is 11.5 Å². The molecule has 7 aromatic carbocycles.